The van der Waals surface area contributed by atoms with Crippen molar-refractivity contribution in [3.63, 3.8) is 0 Å². The van der Waals surface area contributed by atoms with Crippen LogP contribution in [0.5, 0.6) is 0 Å². The molecule has 6 nitrogen and oxygen atoms in total. The van der Waals surface area contributed by atoms with Crippen molar-refractivity contribution < 1.29 is 4.52 Å². The van der Waals surface area contributed by atoms with Crippen LogP contribution in [0.3, 0.4) is 0 Å². The summed E-state index contributed by atoms with van der Waals surface area (Å²) in [7, 11) is 0. The fourth-order valence-corrected chi connectivity index (χ4v) is 1.38. The van der Waals surface area contributed by atoms with E-state index in [0.717, 1.165) is 5.69 Å². The van der Waals surface area contributed by atoms with Crippen molar-refractivity contribution in [3.8, 4) is 6.07 Å². The number of nitriles is 1. The maximum absolute atomic E-state index is 8.92. The van der Waals surface area contributed by atoms with E-state index in [1.165, 1.54) is 6.33 Å². The summed E-state index contributed by atoms with van der Waals surface area (Å²) in [6.07, 6.45) is 1.96. The van der Waals surface area contributed by atoms with Gasteiger partial charge in [-0.3, -0.25) is 0 Å². The molecule has 2 heterocycles. The molecule has 2 aromatic rings. The molecule has 0 aromatic carbocycles. The van der Waals surface area contributed by atoms with E-state index in [1.54, 1.807) is 6.07 Å². The molecule has 2 aromatic heterocycles. The molecule has 0 aliphatic heterocycles. The number of rotatable bonds is 4. The minimum atomic E-state index is 0.529. The van der Waals surface area contributed by atoms with Gasteiger partial charge in [0.1, 0.15) is 11.9 Å². The van der Waals surface area contributed by atoms with Crippen LogP contribution in [0.15, 0.2) is 23.0 Å². The van der Waals surface area contributed by atoms with Crippen LogP contribution >= 0.6 is 0 Å². The van der Waals surface area contributed by atoms with Crippen LogP contribution in [-0.4, -0.2) is 21.7 Å². The third kappa shape index (κ3) is 2.78. The smallest absolute Gasteiger partial charge is 0.228 e. The summed E-state index contributed by atoms with van der Waals surface area (Å²) in [5.74, 6) is 1.15. The lowest BCUT2D eigenvalue weighted by Gasteiger charge is -2.06. The van der Waals surface area contributed by atoms with Crippen LogP contribution in [0.1, 0.15) is 17.1 Å². The van der Waals surface area contributed by atoms with Gasteiger partial charge in [-0.05, 0) is 19.1 Å². The van der Waals surface area contributed by atoms with Crippen molar-refractivity contribution in [2.45, 2.75) is 13.3 Å². The van der Waals surface area contributed by atoms with Gasteiger partial charge >= 0.3 is 0 Å². The highest BCUT2D eigenvalue weighted by atomic mass is 16.5. The third-order valence-electron chi connectivity index (χ3n) is 2.19. The Balaban J connectivity index is 1.99. The standard InChI is InChI=1S/C11H11N5O/c1-8-2-3-9(6-12)11(16-8)13-5-4-10-14-7-15-17-10/h2-3,7H,4-5H2,1H3,(H,13,16). The number of aromatic nitrogens is 3. The number of hydrogen-bond donors (Lipinski definition) is 1. The van der Waals surface area contributed by atoms with Crippen molar-refractivity contribution in [1.29, 1.82) is 5.26 Å². The first-order valence-corrected chi connectivity index (χ1v) is 5.17. The maximum Gasteiger partial charge on any atom is 0.228 e. The fourth-order valence-electron chi connectivity index (χ4n) is 1.38. The van der Waals surface area contributed by atoms with E-state index in [1.807, 2.05) is 13.0 Å². The van der Waals surface area contributed by atoms with Crippen LogP contribution in [0.25, 0.3) is 0 Å². The first kappa shape index (κ1) is 11.1. The van der Waals surface area contributed by atoms with Gasteiger partial charge in [0, 0.05) is 18.7 Å². The minimum absolute atomic E-state index is 0.529. The topological polar surface area (TPSA) is 87.6 Å². The largest absolute Gasteiger partial charge is 0.368 e. The Labute approximate surface area is 98.3 Å². The van der Waals surface area contributed by atoms with Gasteiger partial charge in [0.2, 0.25) is 5.89 Å². The van der Waals surface area contributed by atoms with Crippen LogP contribution < -0.4 is 5.32 Å². The van der Waals surface area contributed by atoms with Gasteiger partial charge in [-0.1, -0.05) is 5.16 Å². The van der Waals surface area contributed by atoms with E-state index in [0.29, 0.717) is 30.2 Å². The monoisotopic (exact) mass is 229 g/mol. The first-order valence-electron chi connectivity index (χ1n) is 5.17. The Morgan fingerprint density at radius 1 is 1.47 bits per heavy atom. The van der Waals surface area contributed by atoms with Gasteiger partial charge in [-0.15, -0.1) is 0 Å². The second-order valence-corrected chi connectivity index (χ2v) is 3.47. The average Bonchev–Trinajstić information content (AvgIpc) is 2.82. The van der Waals surface area contributed by atoms with E-state index in [4.69, 9.17) is 9.78 Å². The number of nitrogens with one attached hydrogen (secondary N) is 1. The molecule has 0 amide bonds. The molecule has 0 radical (unpaired) electrons. The van der Waals surface area contributed by atoms with E-state index in [9.17, 15) is 0 Å². The highest BCUT2D eigenvalue weighted by Crippen LogP contribution is 2.11. The van der Waals surface area contributed by atoms with Crippen molar-refractivity contribution in [2.24, 2.45) is 0 Å². The zero-order valence-corrected chi connectivity index (χ0v) is 9.34. The van der Waals surface area contributed by atoms with Gasteiger partial charge in [-0.2, -0.15) is 10.2 Å². The Bertz CT molecular complexity index is 529. The number of pyridine rings is 1. The summed E-state index contributed by atoms with van der Waals surface area (Å²) in [5.41, 5.74) is 1.39. The lowest BCUT2D eigenvalue weighted by molar-refractivity contribution is 0.379. The zero-order chi connectivity index (χ0) is 12.1. The zero-order valence-electron chi connectivity index (χ0n) is 9.34. The van der Waals surface area contributed by atoms with E-state index in [2.05, 4.69) is 26.5 Å². The molecule has 6 heteroatoms. The number of nitrogens with zero attached hydrogens (tertiary/aromatic N) is 4. The minimum Gasteiger partial charge on any atom is -0.368 e. The quantitative estimate of drug-likeness (QED) is 0.850. The first-order chi connectivity index (χ1) is 8.29. The van der Waals surface area contributed by atoms with Gasteiger partial charge in [-0.25, -0.2) is 4.98 Å². The van der Waals surface area contributed by atoms with Crippen LogP contribution in [0.2, 0.25) is 0 Å². The molecule has 0 unspecified atom stereocenters. The molecule has 0 aliphatic carbocycles. The van der Waals surface area contributed by atoms with Gasteiger partial charge < -0.3 is 9.84 Å². The highest BCUT2D eigenvalue weighted by Gasteiger charge is 2.04. The van der Waals surface area contributed by atoms with Crippen molar-refractivity contribution in [3.05, 3.63) is 35.6 Å². The summed E-state index contributed by atoms with van der Waals surface area (Å²) in [6, 6.07) is 5.64. The summed E-state index contributed by atoms with van der Waals surface area (Å²) >= 11 is 0. The Kier molecular flexibility index (Phi) is 3.31. The molecule has 1 N–H and O–H groups in total. The molecule has 2 rings (SSSR count). The Morgan fingerprint density at radius 3 is 3.06 bits per heavy atom. The van der Waals surface area contributed by atoms with Crippen LogP contribution in [0.4, 0.5) is 5.82 Å². The summed E-state index contributed by atoms with van der Waals surface area (Å²) in [5, 5.41) is 15.5. The SMILES string of the molecule is Cc1ccc(C#N)c(NCCc2ncno2)n1. The van der Waals surface area contributed by atoms with Crippen molar-refractivity contribution in [1.82, 2.24) is 15.1 Å². The number of hydrogen-bond acceptors (Lipinski definition) is 6. The van der Waals surface area contributed by atoms with Gasteiger partial charge in [0.05, 0.1) is 5.56 Å². The molecule has 0 atom stereocenters. The van der Waals surface area contributed by atoms with Crippen molar-refractivity contribution >= 4 is 5.82 Å². The molecular weight excluding hydrogens is 218 g/mol. The lowest BCUT2D eigenvalue weighted by Crippen LogP contribution is -2.08. The van der Waals surface area contributed by atoms with E-state index < -0.39 is 0 Å². The maximum atomic E-state index is 8.92. The molecular formula is C11H11N5O. The molecule has 86 valence electrons. The average molecular weight is 229 g/mol. The number of anilines is 1. The van der Waals surface area contributed by atoms with E-state index in [-0.39, 0.29) is 0 Å². The molecule has 17 heavy (non-hydrogen) atoms. The van der Waals surface area contributed by atoms with E-state index >= 15 is 0 Å². The second-order valence-electron chi connectivity index (χ2n) is 3.47. The van der Waals surface area contributed by atoms with Crippen LogP contribution in [0, 0.1) is 18.3 Å². The molecule has 0 bridgehead atoms. The van der Waals surface area contributed by atoms with Crippen LogP contribution in [-0.2, 0) is 6.42 Å². The fraction of sp³-hybridized carbons (Fsp3) is 0.273. The molecule has 0 saturated carbocycles. The van der Waals surface area contributed by atoms with Gasteiger partial charge in [0.25, 0.3) is 0 Å². The summed E-state index contributed by atoms with van der Waals surface area (Å²) in [4.78, 5) is 8.17. The predicted octanol–water partition coefficient (Wildman–Crippen LogP) is 1.30. The molecule has 0 fully saturated rings. The van der Waals surface area contributed by atoms with Crippen molar-refractivity contribution in [2.75, 3.05) is 11.9 Å². The molecule has 0 saturated heterocycles. The normalized spacial score (nSPS) is 9.88. The molecule has 0 spiro atoms. The molecule has 0 aliphatic rings. The van der Waals surface area contributed by atoms with Gasteiger partial charge in [0.15, 0.2) is 6.33 Å². The lowest BCUT2D eigenvalue weighted by atomic mass is 10.2. The third-order valence-corrected chi connectivity index (χ3v) is 2.19. The Hall–Kier alpha value is -2.42. The summed E-state index contributed by atoms with van der Waals surface area (Å²) in [6.45, 7) is 2.47. The number of aryl methyl sites for hydroxylation is 1. The highest BCUT2D eigenvalue weighted by molar-refractivity contribution is 5.52. The second kappa shape index (κ2) is 5.07. The summed E-state index contributed by atoms with van der Waals surface area (Å²) < 4.78 is 4.87. The predicted molar refractivity (Wildman–Crippen MR) is 60.2 cm³/mol. The Morgan fingerprint density at radius 2 is 2.35 bits per heavy atom.